The Kier molecular flexibility index (Phi) is 1.79. The van der Waals surface area contributed by atoms with Crippen molar-refractivity contribution in [2.75, 3.05) is 0 Å². The number of carbonyl (C=O) groups excluding carboxylic acids is 1. The lowest BCUT2D eigenvalue weighted by Crippen LogP contribution is -2.10. The number of aromatic nitrogens is 3. The monoisotopic (exact) mass is 125 g/mol. The molecule has 9 heavy (non-hydrogen) atoms. The molecule has 2 N–H and O–H groups in total. The minimum Gasteiger partial charge on any atom is -0.341 e. The van der Waals surface area contributed by atoms with Crippen molar-refractivity contribution in [3.63, 3.8) is 0 Å². The lowest BCUT2D eigenvalue weighted by atomic mass is 10.6. The summed E-state index contributed by atoms with van der Waals surface area (Å²) in [5.41, 5.74) is 0. The summed E-state index contributed by atoms with van der Waals surface area (Å²) in [6, 6.07) is 0. The fraction of sp³-hybridized carbons (Fsp3) is 0.250. The van der Waals surface area contributed by atoms with Crippen molar-refractivity contribution in [2.24, 2.45) is 0 Å². The second-order valence-electron chi connectivity index (χ2n) is 1.39. The maximum Gasteiger partial charge on any atom is 0.309 e. The van der Waals surface area contributed by atoms with Gasteiger partial charge in [-0.05, 0) is 0 Å². The van der Waals surface area contributed by atoms with E-state index in [9.17, 15) is 4.79 Å². The summed E-state index contributed by atoms with van der Waals surface area (Å²) in [4.78, 5) is 13.3. The fourth-order valence-electron chi connectivity index (χ4n) is 0.436. The molecule has 1 rings (SSSR count). The van der Waals surface area contributed by atoms with Gasteiger partial charge in [-0.2, -0.15) is 5.10 Å². The summed E-state index contributed by atoms with van der Waals surface area (Å²) >= 11 is 0. The molecule has 0 aromatic carbocycles. The molecular weight excluding hydrogens is 120 g/mol. The zero-order valence-electron chi connectivity index (χ0n) is 4.59. The normalized spacial score (nSPS) is 8.89. The molecule has 0 aliphatic rings. The Labute approximate surface area is 51.5 Å². The van der Waals surface area contributed by atoms with Gasteiger partial charge in [-0.15, -0.1) is 0 Å². The Morgan fingerprint density at radius 3 is 3.33 bits per heavy atom. The van der Waals surface area contributed by atoms with Crippen LogP contribution >= 0.6 is 0 Å². The van der Waals surface area contributed by atoms with Crippen molar-refractivity contribution in [3.8, 4) is 0 Å². The number of nitrogens with one attached hydrogen (secondary N) is 2. The van der Waals surface area contributed by atoms with Crippen LogP contribution in [-0.4, -0.2) is 21.6 Å². The van der Waals surface area contributed by atoms with E-state index in [0.717, 1.165) is 0 Å². The highest BCUT2D eigenvalue weighted by Gasteiger charge is 1.90. The molecule has 1 heterocycles. The van der Waals surface area contributed by atoms with Crippen LogP contribution in [0.5, 0.6) is 0 Å². The van der Waals surface area contributed by atoms with Crippen LogP contribution in [0, 0.1) is 0 Å². The van der Waals surface area contributed by atoms with E-state index < -0.39 is 0 Å². The largest absolute Gasteiger partial charge is 0.341 e. The molecule has 5 heteroatoms. The fourth-order valence-corrected chi connectivity index (χ4v) is 0.436. The maximum absolute atomic E-state index is 9.60. The minimum absolute atomic E-state index is 0.351. The Hall–Kier alpha value is -1.39. The summed E-state index contributed by atoms with van der Waals surface area (Å²) in [5.74, 6) is 0.623. The summed E-state index contributed by atoms with van der Waals surface area (Å²) in [5, 5.41) is 8.45. The first-order chi connectivity index (χ1) is 4.43. The van der Waals surface area contributed by atoms with E-state index in [4.69, 9.17) is 0 Å². The number of rotatable bonds is 3. The van der Waals surface area contributed by atoms with Crippen molar-refractivity contribution in [2.45, 2.75) is 6.54 Å². The number of aromatic amines is 1. The van der Waals surface area contributed by atoms with E-state index in [-0.39, 0.29) is 0 Å². The summed E-state index contributed by atoms with van der Waals surface area (Å²) < 4.78 is 0. The quantitative estimate of drug-likeness (QED) is 0.507. The van der Waals surface area contributed by atoms with Gasteiger partial charge in [0, 0.05) is 0 Å². The molecule has 5 nitrogen and oxygen atoms in total. The topological polar surface area (TPSA) is 70.7 Å². The van der Waals surface area contributed by atoms with E-state index in [1.807, 2.05) is 0 Å². The summed E-state index contributed by atoms with van der Waals surface area (Å²) in [6.07, 6.45) is 2.89. The van der Waals surface area contributed by atoms with Gasteiger partial charge >= 0.3 is 6.41 Å². The Bertz CT molecular complexity index is 171. The molecule has 0 fully saturated rings. The Morgan fingerprint density at radius 1 is 1.89 bits per heavy atom. The smallest absolute Gasteiger partial charge is 0.309 e. The first kappa shape index (κ1) is 5.74. The van der Waals surface area contributed by atoms with Crippen LogP contribution in [0.3, 0.4) is 0 Å². The third kappa shape index (κ3) is 1.52. The van der Waals surface area contributed by atoms with Gasteiger partial charge in [0.15, 0.2) is 0 Å². The van der Waals surface area contributed by atoms with E-state index >= 15 is 0 Å². The van der Waals surface area contributed by atoms with Crippen LogP contribution in [0.25, 0.3) is 0 Å². The van der Waals surface area contributed by atoms with E-state index in [2.05, 4.69) is 20.5 Å². The molecule has 1 aromatic rings. The SMILES string of the molecule is O=[C]NCc1ncn[nH]1. The van der Waals surface area contributed by atoms with E-state index in [1.54, 1.807) is 0 Å². The molecule has 1 amide bonds. The molecule has 0 saturated heterocycles. The van der Waals surface area contributed by atoms with Crippen LogP contribution in [0.1, 0.15) is 5.82 Å². The average Bonchev–Trinajstić information content (AvgIpc) is 2.34. The zero-order valence-corrected chi connectivity index (χ0v) is 4.59. The lowest BCUT2D eigenvalue weighted by Gasteiger charge is -1.87. The Morgan fingerprint density at radius 2 is 2.78 bits per heavy atom. The van der Waals surface area contributed by atoms with Crippen LogP contribution in [0.2, 0.25) is 0 Å². The second-order valence-corrected chi connectivity index (χ2v) is 1.39. The standard InChI is InChI=1S/C4H5N4O/c9-3-5-1-4-6-2-7-8-4/h2H,1H2,(H,5,9)(H,6,7,8). The van der Waals surface area contributed by atoms with Gasteiger partial charge in [-0.25, -0.2) is 4.98 Å². The second kappa shape index (κ2) is 2.81. The molecule has 1 radical (unpaired) electrons. The first-order valence-corrected chi connectivity index (χ1v) is 2.37. The van der Waals surface area contributed by atoms with Gasteiger partial charge in [0.25, 0.3) is 0 Å². The van der Waals surface area contributed by atoms with Crippen LogP contribution in [-0.2, 0) is 11.3 Å². The van der Waals surface area contributed by atoms with Crippen molar-refractivity contribution >= 4 is 6.41 Å². The molecular formula is C4H5N4O. The van der Waals surface area contributed by atoms with Crippen LogP contribution in [0.4, 0.5) is 0 Å². The Balaban J connectivity index is 2.38. The lowest BCUT2D eigenvalue weighted by molar-refractivity contribution is 0.540. The number of nitrogens with zero attached hydrogens (tertiary/aromatic N) is 2. The van der Waals surface area contributed by atoms with Gasteiger partial charge in [0.05, 0.1) is 6.54 Å². The number of hydrogen-bond donors (Lipinski definition) is 2. The molecule has 0 aliphatic heterocycles. The predicted octanol–water partition coefficient (Wildman–Crippen LogP) is -1.04. The molecule has 0 aliphatic carbocycles. The van der Waals surface area contributed by atoms with Gasteiger partial charge in [-0.1, -0.05) is 0 Å². The predicted molar refractivity (Wildman–Crippen MR) is 28.9 cm³/mol. The molecule has 1 aromatic heterocycles. The first-order valence-electron chi connectivity index (χ1n) is 2.37. The van der Waals surface area contributed by atoms with Crippen molar-refractivity contribution in [1.29, 1.82) is 0 Å². The average molecular weight is 125 g/mol. The van der Waals surface area contributed by atoms with Gasteiger partial charge in [0.2, 0.25) is 0 Å². The highest BCUT2D eigenvalue weighted by molar-refractivity contribution is 5.46. The van der Waals surface area contributed by atoms with Crippen molar-refractivity contribution in [1.82, 2.24) is 20.5 Å². The zero-order chi connectivity index (χ0) is 6.53. The van der Waals surface area contributed by atoms with E-state index in [0.29, 0.717) is 12.4 Å². The third-order valence-corrected chi connectivity index (χ3v) is 0.793. The third-order valence-electron chi connectivity index (χ3n) is 0.793. The maximum atomic E-state index is 9.60. The molecule has 47 valence electrons. The number of amides is 1. The van der Waals surface area contributed by atoms with Crippen LogP contribution in [0.15, 0.2) is 6.33 Å². The highest BCUT2D eigenvalue weighted by Crippen LogP contribution is 1.80. The summed E-state index contributed by atoms with van der Waals surface area (Å²) in [6.45, 7) is 0.351. The number of hydrogen-bond acceptors (Lipinski definition) is 3. The van der Waals surface area contributed by atoms with Crippen LogP contribution < -0.4 is 5.32 Å². The summed E-state index contributed by atoms with van der Waals surface area (Å²) in [7, 11) is 0. The minimum atomic E-state index is 0.351. The highest BCUT2D eigenvalue weighted by atomic mass is 16.1. The van der Waals surface area contributed by atoms with Gasteiger partial charge in [-0.3, -0.25) is 9.89 Å². The van der Waals surface area contributed by atoms with Gasteiger partial charge < -0.3 is 5.32 Å². The molecule has 0 unspecified atom stereocenters. The molecule has 0 saturated carbocycles. The molecule has 0 spiro atoms. The molecule has 0 atom stereocenters. The van der Waals surface area contributed by atoms with Crippen molar-refractivity contribution < 1.29 is 4.79 Å². The number of H-pyrrole nitrogens is 1. The van der Waals surface area contributed by atoms with Crippen molar-refractivity contribution in [3.05, 3.63) is 12.2 Å². The van der Waals surface area contributed by atoms with E-state index in [1.165, 1.54) is 12.7 Å². The van der Waals surface area contributed by atoms with Gasteiger partial charge in [0.1, 0.15) is 12.2 Å². The molecule has 0 bridgehead atoms.